The Labute approximate surface area is 199 Å². The molecule has 0 radical (unpaired) electrons. The molecule has 0 spiro atoms. The van der Waals surface area contributed by atoms with E-state index in [-0.39, 0.29) is 28.2 Å². The van der Waals surface area contributed by atoms with Gasteiger partial charge in [-0.2, -0.15) is 13.2 Å². The van der Waals surface area contributed by atoms with Gasteiger partial charge < -0.3 is 5.32 Å². The number of carbonyl (C=O) groups excluding carboxylic acids is 1. The molecule has 4 rings (SSSR count). The minimum atomic E-state index is -4.51. The van der Waals surface area contributed by atoms with Crippen molar-refractivity contribution >= 4 is 32.7 Å². The summed E-state index contributed by atoms with van der Waals surface area (Å²) in [5.74, 6) is 0.0222. The largest absolute Gasteiger partial charge is 0.416 e. The van der Waals surface area contributed by atoms with Crippen LogP contribution in [-0.4, -0.2) is 16.9 Å². The number of pyridine rings is 1. The van der Waals surface area contributed by atoms with Crippen molar-refractivity contribution in [1.82, 2.24) is 10.3 Å². The minimum Gasteiger partial charge on any atom is -0.349 e. The summed E-state index contributed by atoms with van der Waals surface area (Å²) < 4.78 is 40.5. The van der Waals surface area contributed by atoms with Gasteiger partial charge in [-0.15, -0.1) is 0 Å². The second-order valence-electron chi connectivity index (χ2n) is 8.70. The lowest BCUT2D eigenvalue weighted by molar-refractivity contribution is -0.137. The lowest BCUT2D eigenvalue weighted by Crippen LogP contribution is -2.39. The van der Waals surface area contributed by atoms with Gasteiger partial charge >= 0.3 is 6.18 Å². The Kier molecular flexibility index (Phi) is 7.07. The predicted molar refractivity (Wildman–Crippen MR) is 128 cm³/mol. The summed E-state index contributed by atoms with van der Waals surface area (Å²) in [6.07, 6.45) is 1.09. The van der Waals surface area contributed by atoms with Crippen LogP contribution in [0, 0.1) is 5.92 Å². The number of halogens is 4. The molecule has 174 valence electrons. The van der Waals surface area contributed by atoms with Crippen molar-refractivity contribution in [1.29, 1.82) is 0 Å². The lowest BCUT2D eigenvalue weighted by Gasteiger charge is -2.29. The molecule has 33 heavy (non-hydrogen) atoms. The molecule has 1 aliphatic carbocycles. The van der Waals surface area contributed by atoms with Crippen LogP contribution in [0.2, 0.25) is 0 Å². The molecule has 7 heteroatoms. The molecule has 1 N–H and O–H groups in total. The third kappa shape index (κ3) is 5.08. The van der Waals surface area contributed by atoms with Crippen LogP contribution in [-0.2, 0) is 11.5 Å². The van der Waals surface area contributed by atoms with Crippen LogP contribution >= 0.6 is 15.9 Å². The van der Waals surface area contributed by atoms with Crippen LogP contribution in [0.4, 0.5) is 13.2 Å². The van der Waals surface area contributed by atoms with Gasteiger partial charge in [-0.3, -0.25) is 4.79 Å². The summed E-state index contributed by atoms with van der Waals surface area (Å²) in [7, 11) is 0. The highest BCUT2D eigenvalue weighted by Crippen LogP contribution is 2.36. The van der Waals surface area contributed by atoms with E-state index in [9.17, 15) is 18.0 Å². The fourth-order valence-electron chi connectivity index (χ4n) is 4.73. The molecular formula is C26H26BrF3N2O. The molecule has 1 heterocycles. The highest BCUT2D eigenvalue weighted by molar-refractivity contribution is 9.08. The molecule has 1 aromatic heterocycles. The molecule has 1 saturated carbocycles. The van der Waals surface area contributed by atoms with Gasteiger partial charge in [0.25, 0.3) is 5.91 Å². The van der Waals surface area contributed by atoms with Crippen LogP contribution in [0.15, 0.2) is 48.5 Å². The molecular weight excluding hydrogens is 493 g/mol. The van der Waals surface area contributed by atoms with Gasteiger partial charge in [0.2, 0.25) is 0 Å². The number of benzene rings is 2. The standard InChI is InChI=1S/C26H26BrF3N2O/c1-16(17-8-4-2-5-9-17)31-25(33)23-20-14-19(26(28,29)30)12-13-22(20)32-24(21(23)15-27)18-10-6-3-7-11-18/h3,6-7,10-14,16-17H,2,4-5,8-9,15H2,1H3,(H,31,33)/t16-/m0/s1. The second kappa shape index (κ2) is 9.84. The Morgan fingerprint density at radius 2 is 1.82 bits per heavy atom. The number of carbonyl (C=O) groups is 1. The first-order valence-corrected chi connectivity index (χ1v) is 12.4. The summed E-state index contributed by atoms with van der Waals surface area (Å²) in [6, 6.07) is 12.8. The highest BCUT2D eigenvalue weighted by atomic mass is 79.9. The number of rotatable bonds is 5. The maximum atomic E-state index is 13.6. The predicted octanol–water partition coefficient (Wildman–Crippen LogP) is 7.51. The van der Waals surface area contributed by atoms with Crippen LogP contribution in [0.5, 0.6) is 0 Å². The third-order valence-electron chi connectivity index (χ3n) is 6.54. The van der Waals surface area contributed by atoms with Crippen LogP contribution in [0.25, 0.3) is 22.2 Å². The first kappa shape index (κ1) is 23.7. The summed E-state index contributed by atoms with van der Waals surface area (Å²) in [6.45, 7) is 1.99. The van der Waals surface area contributed by atoms with Gasteiger partial charge in [-0.05, 0) is 43.9 Å². The second-order valence-corrected chi connectivity index (χ2v) is 9.26. The first-order valence-electron chi connectivity index (χ1n) is 11.3. The average molecular weight is 519 g/mol. The molecule has 0 unspecified atom stereocenters. The van der Waals surface area contributed by atoms with Gasteiger partial charge in [-0.25, -0.2) is 4.98 Å². The monoisotopic (exact) mass is 518 g/mol. The quantitative estimate of drug-likeness (QED) is 0.355. The maximum absolute atomic E-state index is 13.6. The van der Waals surface area contributed by atoms with Gasteiger partial charge in [-0.1, -0.05) is 65.5 Å². The van der Waals surface area contributed by atoms with Gasteiger partial charge in [0.05, 0.1) is 22.3 Å². The van der Waals surface area contributed by atoms with E-state index in [2.05, 4.69) is 26.2 Å². The zero-order valence-electron chi connectivity index (χ0n) is 18.4. The van der Waals surface area contributed by atoms with Crippen LogP contribution < -0.4 is 5.32 Å². The van der Waals surface area contributed by atoms with Gasteiger partial charge in [0.15, 0.2) is 0 Å². The van der Waals surface area contributed by atoms with E-state index in [1.165, 1.54) is 12.5 Å². The van der Waals surface area contributed by atoms with E-state index < -0.39 is 11.7 Å². The van der Waals surface area contributed by atoms with Crippen LogP contribution in [0.3, 0.4) is 0 Å². The SMILES string of the molecule is C[C@H](NC(=O)c1c(CBr)c(-c2ccccc2)nc2ccc(C(F)(F)F)cc12)C1CCCCC1. The zero-order valence-corrected chi connectivity index (χ0v) is 20.0. The van der Waals surface area contributed by atoms with Crippen molar-refractivity contribution in [3.05, 3.63) is 65.2 Å². The lowest BCUT2D eigenvalue weighted by atomic mass is 9.84. The van der Waals surface area contributed by atoms with Crippen molar-refractivity contribution in [3.63, 3.8) is 0 Å². The number of hydrogen-bond acceptors (Lipinski definition) is 2. The summed E-state index contributed by atoms with van der Waals surface area (Å²) in [5, 5.41) is 3.60. The fourth-order valence-corrected chi connectivity index (χ4v) is 5.28. The molecule has 0 saturated heterocycles. The number of nitrogens with one attached hydrogen (secondary N) is 1. The van der Waals surface area contributed by atoms with E-state index >= 15 is 0 Å². The molecule has 1 aliphatic rings. The van der Waals surface area contributed by atoms with E-state index in [0.717, 1.165) is 43.4 Å². The molecule has 0 bridgehead atoms. The average Bonchev–Trinajstić information content (AvgIpc) is 2.82. The Bertz CT molecular complexity index is 1140. The van der Waals surface area contributed by atoms with E-state index in [1.54, 1.807) is 0 Å². The molecule has 3 nitrogen and oxygen atoms in total. The zero-order chi connectivity index (χ0) is 23.6. The molecule has 3 aromatic rings. The van der Waals surface area contributed by atoms with Gasteiger partial charge in [0, 0.05) is 27.9 Å². The number of alkyl halides is 4. The first-order chi connectivity index (χ1) is 15.8. The van der Waals surface area contributed by atoms with Crippen LogP contribution in [0.1, 0.15) is 60.5 Å². The molecule has 2 aromatic carbocycles. The number of aromatic nitrogens is 1. The molecule has 1 fully saturated rings. The van der Waals surface area contributed by atoms with E-state index in [0.29, 0.717) is 22.7 Å². The molecule has 0 aliphatic heterocycles. The molecule has 1 amide bonds. The van der Waals surface area contributed by atoms with Crippen molar-refractivity contribution in [2.75, 3.05) is 0 Å². The van der Waals surface area contributed by atoms with Crippen molar-refractivity contribution < 1.29 is 18.0 Å². The normalized spacial score (nSPS) is 16.0. The fraction of sp³-hybridized carbons (Fsp3) is 0.385. The summed E-state index contributed by atoms with van der Waals surface area (Å²) in [4.78, 5) is 18.3. The Morgan fingerprint density at radius 3 is 2.45 bits per heavy atom. The topological polar surface area (TPSA) is 42.0 Å². The number of amides is 1. The smallest absolute Gasteiger partial charge is 0.349 e. The Hall–Kier alpha value is -2.41. The number of hydrogen-bond donors (Lipinski definition) is 1. The Balaban J connectivity index is 1.87. The minimum absolute atomic E-state index is 0.0600. The number of fused-ring (bicyclic) bond motifs is 1. The van der Waals surface area contributed by atoms with E-state index in [4.69, 9.17) is 0 Å². The summed E-state index contributed by atoms with van der Waals surface area (Å²) >= 11 is 3.47. The van der Waals surface area contributed by atoms with E-state index in [1.807, 2.05) is 37.3 Å². The van der Waals surface area contributed by atoms with Crippen molar-refractivity contribution in [2.45, 2.75) is 56.6 Å². The summed E-state index contributed by atoms with van der Waals surface area (Å²) in [5.41, 5.74) is 1.81. The maximum Gasteiger partial charge on any atom is 0.416 e. The van der Waals surface area contributed by atoms with Crippen molar-refractivity contribution in [2.24, 2.45) is 5.92 Å². The number of nitrogens with zero attached hydrogens (tertiary/aromatic N) is 1. The molecule has 1 atom stereocenters. The van der Waals surface area contributed by atoms with Gasteiger partial charge in [0.1, 0.15) is 0 Å². The Morgan fingerprint density at radius 1 is 1.12 bits per heavy atom. The highest BCUT2D eigenvalue weighted by Gasteiger charge is 2.32. The van der Waals surface area contributed by atoms with Crippen molar-refractivity contribution in [3.8, 4) is 11.3 Å². The third-order valence-corrected chi connectivity index (χ3v) is 7.10.